The van der Waals surface area contributed by atoms with E-state index < -0.39 is 10.0 Å². The number of aromatic hydroxyl groups is 1. The molecule has 124 valence electrons. The zero-order chi connectivity index (χ0) is 17.4. The predicted molar refractivity (Wildman–Crippen MR) is 98.2 cm³/mol. The van der Waals surface area contributed by atoms with Crippen LogP contribution < -0.4 is 4.72 Å². The first kappa shape index (κ1) is 15.4. The third-order valence-corrected chi connectivity index (χ3v) is 5.32. The molecule has 1 aromatic heterocycles. The quantitative estimate of drug-likeness (QED) is 0.587. The summed E-state index contributed by atoms with van der Waals surface area (Å²) >= 11 is 0. The van der Waals surface area contributed by atoms with E-state index in [9.17, 15) is 13.5 Å². The van der Waals surface area contributed by atoms with Gasteiger partial charge in [-0.2, -0.15) is 0 Å². The average Bonchev–Trinajstić information content (AvgIpc) is 2.62. The van der Waals surface area contributed by atoms with E-state index in [0.29, 0.717) is 5.52 Å². The molecule has 0 amide bonds. The highest BCUT2D eigenvalue weighted by Gasteiger charge is 2.16. The van der Waals surface area contributed by atoms with Gasteiger partial charge in [0.1, 0.15) is 17.1 Å². The first-order chi connectivity index (χ1) is 12.0. The van der Waals surface area contributed by atoms with Gasteiger partial charge in [-0.3, -0.25) is 4.72 Å². The zero-order valence-corrected chi connectivity index (χ0v) is 13.9. The van der Waals surface area contributed by atoms with Crippen molar-refractivity contribution in [1.82, 2.24) is 4.98 Å². The fourth-order valence-electron chi connectivity index (χ4n) is 2.72. The highest BCUT2D eigenvalue weighted by Crippen LogP contribution is 2.25. The monoisotopic (exact) mass is 350 g/mol. The summed E-state index contributed by atoms with van der Waals surface area (Å²) in [7, 11) is -3.78. The van der Waals surface area contributed by atoms with E-state index in [1.54, 1.807) is 42.5 Å². The van der Waals surface area contributed by atoms with Crippen molar-refractivity contribution in [3.8, 4) is 5.75 Å². The summed E-state index contributed by atoms with van der Waals surface area (Å²) in [6, 6.07) is 20.8. The Morgan fingerprint density at radius 3 is 2.36 bits per heavy atom. The summed E-state index contributed by atoms with van der Waals surface area (Å²) in [5, 5.41) is 12.4. The van der Waals surface area contributed by atoms with E-state index >= 15 is 0 Å². The molecule has 0 radical (unpaired) electrons. The molecule has 4 aromatic rings. The normalized spacial score (nSPS) is 11.7. The minimum absolute atomic E-state index is 0.00394. The van der Waals surface area contributed by atoms with Crippen LogP contribution in [0.1, 0.15) is 0 Å². The largest absolute Gasteiger partial charge is 0.506 e. The SMILES string of the molecule is O=S(=O)(Nc1ccc2cccc(O)c2n1)c1ccc2ccccc2c1. The molecular formula is C19H14N2O3S. The Kier molecular flexibility index (Phi) is 3.54. The lowest BCUT2D eigenvalue weighted by Crippen LogP contribution is -2.13. The molecule has 4 rings (SSSR count). The Morgan fingerprint density at radius 1 is 0.800 bits per heavy atom. The number of anilines is 1. The Hall–Kier alpha value is -3.12. The Labute approximate surface area is 144 Å². The summed E-state index contributed by atoms with van der Waals surface area (Å²) < 4.78 is 27.8. The highest BCUT2D eigenvalue weighted by atomic mass is 32.2. The van der Waals surface area contributed by atoms with Gasteiger partial charge in [0.05, 0.1) is 4.90 Å². The lowest BCUT2D eigenvalue weighted by molar-refractivity contribution is 0.480. The summed E-state index contributed by atoms with van der Waals surface area (Å²) in [4.78, 5) is 4.37. The van der Waals surface area contributed by atoms with Crippen LogP contribution >= 0.6 is 0 Å². The number of para-hydroxylation sites is 1. The number of benzene rings is 3. The Morgan fingerprint density at radius 2 is 1.52 bits per heavy atom. The number of nitrogens with zero attached hydrogens (tertiary/aromatic N) is 1. The predicted octanol–water partition coefficient (Wildman–Crippen LogP) is 3.89. The molecule has 0 aliphatic rings. The number of sulfonamides is 1. The second-order valence-corrected chi connectivity index (χ2v) is 7.34. The number of phenolic OH excluding ortho intramolecular Hbond substituents is 1. The van der Waals surface area contributed by atoms with Crippen molar-refractivity contribution in [2.45, 2.75) is 4.90 Å². The lowest BCUT2D eigenvalue weighted by atomic mass is 10.1. The van der Waals surface area contributed by atoms with E-state index in [1.165, 1.54) is 6.07 Å². The average molecular weight is 350 g/mol. The maximum atomic E-state index is 12.7. The van der Waals surface area contributed by atoms with Crippen LogP contribution in [-0.4, -0.2) is 18.5 Å². The molecular weight excluding hydrogens is 336 g/mol. The molecule has 5 nitrogen and oxygen atoms in total. The van der Waals surface area contributed by atoms with Crippen molar-refractivity contribution in [2.24, 2.45) is 0 Å². The molecule has 0 aliphatic heterocycles. The fourth-order valence-corrected chi connectivity index (χ4v) is 3.76. The molecule has 2 N–H and O–H groups in total. The summed E-state index contributed by atoms with van der Waals surface area (Å²) in [6.45, 7) is 0. The van der Waals surface area contributed by atoms with Crippen molar-refractivity contribution in [3.63, 3.8) is 0 Å². The minimum Gasteiger partial charge on any atom is -0.506 e. The number of hydrogen-bond acceptors (Lipinski definition) is 4. The van der Waals surface area contributed by atoms with Gasteiger partial charge in [0.25, 0.3) is 10.0 Å². The van der Waals surface area contributed by atoms with Crippen molar-refractivity contribution < 1.29 is 13.5 Å². The molecule has 0 unspecified atom stereocenters. The van der Waals surface area contributed by atoms with Gasteiger partial charge in [0, 0.05) is 5.39 Å². The molecule has 0 aliphatic carbocycles. The first-order valence-corrected chi connectivity index (χ1v) is 9.12. The van der Waals surface area contributed by atoms with Gasteiger partial charge in [-0.05, 0) is 41.1 Å². The summed E-state index contributed by atoms with van der Waals surface area (Å²) in [6.07, 6.45) is 0. The van der Waals surface area contributed by atoms with Crippen LogP contribution in [-0.2, 0) is 10.0 Å². The van der Waals surface area contributed by atoms with E-state index in [0.717, 1.165) is 16.2 Å². The number of phenols is 1. The van der Waals surface area contributed by atoms with Crippen LogP contribution in [0.15, 0.2) is 77.7 Å². The molecule has 25 heavy (non-hydrogen) atoms. The van der Waals surface area contributed by atoms with Crippen molar-refractivity contribution in [1.29, 1.82) is 0 Å². The lowest BCUT2D eigenvalue weighted by Gasteiger charge is -2.09. The zero-order valence-electron chi connectivity index (χ0n) is 13.0. The number of pyridine rings is 1. The molecule has 0 atom stereocenters. The van der Waals surface area contributed by atoms with Gasteiger partial charge in [0.15, 0.2) is 0 Å². The molecule has 0 saturated heterocycles. The van der Waals surface area contributed by atoms with Crippen molar-refractivity contribution in [2.75, 3.05) is 4.72 Å². The van der Waals surface area contributed by atoms with Crippen LogP contribution in [0.2, 0.25) is 0 Å². The fraction of sp³-hybridized carbons (Fsp3) is 0. The topological polar surface area (TPSA) is 79.3 Å². The van der Waals surface area contributed by atoms with Crippen LogP contribution in [0.4, 0.5) is 5.82 Å². The second kappa shape index (κ2) is 5.75. The van der Waals surface area contributed by atoms with Gasteiger partial charge in [-0.25, -0.2) is 13.4 Å². The van der Waals surface area contributed by atoms with Crippen LogP contribution in [0.5, 0.6) is 5.75 Å². The maximum Gasteiger partial charge on any atom is 0.263 e. The second-order valence-electron chi connectivity index (χ2n) is 5.66. The van der Waals surface area contributed by atoms with Crippen LogP contribution in [0.25, 0.3) is 21.7 Å². The summed E-state index contributed by atoms with van der Waals surface area (Å²) in [5.41, 5.74) is 0.348. The third kappa shape index (κ3) is 2.88. The molecule has 6 heteroatoms. The smallest absolute Gasteiger partial charge is 0.263 e. The van der Waals surface area contributed by atoms with Crippen molar-refractivity contribution >= 4 is 37.5 Å². The van der Waals surface area contributed by atoms with Gasteiger partial charge in [-0.1, -0.05) is 42.5 Å². The molecule has 0 saturated carbocycles. The number of nitrogens with one attached hydrogen (secondary N) is 1. The standard InChI is InChI=1S/C19H14N2O3S/c22-17-7-3-6-14-9-11-18(20-19(14)17)21-25(23,24)16-10-8-13-4-1-2-5-15(13)12-16/h1-12,22H,(H,20,21). The molecule has 3 aromatic carbocycles. The first-order valence-electron chi connectivity index (χ1n) is 7.63. The van der Waals surface area contributed by atoms with Crippen molar-refractivity contribution in [3.05, 3.63) is 72.8 Å². The van der Waals surface area contributed by atoms with E-state index in [1.807, 2.05) is 24.3 Å². The number of aromatic nitrogens is 1. The van der Waals surface area contributed by atoms with Crippen LogP contribution in [0.3, 0.4) is 0 Å². The van der Waals surface area contributed by atoms with E-state index in [4.69, 9.17) is 0 Å². The molecule has 1 heterocycles. The number of hydrogen-bond donors (Lipinski definition) is 2. The van der Waals surface area contributed by atoms with E-state index in [2.05, 4.69) is 9.71 Å². The Balaban J connectivity index is 1.74. The van der Waals surface area contributed by atoms with Gasteiger partial charge in [-0.15, -0.1) is 0 Å². The van der Waals surface area contributed by atoms with Crippen LogP contribution in [0, 0.1) is 0 Å². The number of rotatable bonds is 3. The third-order valence-electron chi connectivity index (χ3n) is 3.97. The number of fused-ring (bicyclic) bond motifs is 2. The summed E-state index contributed by atoms with van der Waals surface area (Å²) in [5.74, 6) is 0.159. The maximum absolute atomic E-state index is 12.7. The van der Waals surface area contributed by atoms with E-state index in [-0.39, 0.29) is 16.5 Å². The van der Waals surface area contributed by atoms with Gasteiger partial charge < -0.3 is 5.11 Å². The molecule has 0 spiro atoms. The molecule has 0 bridgehead atoms. The minimum atomic E-state index is -3.78. The Bertz CT molecular complexity index is 1200. The van der Waals surface area contributed by atoms with Gasteiger partial charge in [0.2, 0.25) is 0 Å². The molecule has 0 fully saturated rings. The van der Waals surface area contributed by atoms with Gasteiger partial charge >= 0.3 is 0 Å². The highest BCUT2D eigenvalue weighted by molar-refractivity contribution is 7.92.